The van der Waals surface area contributed by atoms with Crippen LogP contribution in [0.4, 0.5) is 5.69 Å². The minimum atomic E-state index is -0.334. The van der Waals surface area contributed by atoms with E-state index in [4.69, 9.17) is 9.47 Å². The molecule has 0 bridgehead atoms. The van der Waals surface area contributed by atoms with Gasteiger partial charge in [0.1, 0.15) is 6.54 Å². The van der Waals surface area contributed by atoms with E-state index in [0.29, 0.717) is 17.2 Å². The standard InChI is InChI=1S/C21H22N2O4/c1-26-18-8-7-16(11-19(18)27-2)23-20(24)12-17(21(23)25)22-10-9-14-5-3-4-6-15(14)13-22/h3-8,11,17H,9-10,12-13H2,1-2H3/p+1/t17-/m1/s1. The van der Waals surface area contributed by atoms with Crippen LogP contribution in [0.15, 0.2) is 42.5 Å². The van der Waals surface area contributed by atoms with Crippen LogP contribution >= 0.6 is 0 Å². The van der Waals surface area contributed by atoms with Gasteiger partial charge in [-0.3, -0.25) is 9.59 Å². The molecule has 6 heteroatoms. The minimum absolute atomic E-state index is 0.137. The monoisotopic (exact) mass is 367 g/mol. The lowest BCUT2D eigenvalue weighted by Gasteiger charge is -2.29. The Labute approximate surface area is 158 Å². The first-order valence-corrected chi connectivity index (χ1v) is 9.12. The summed E-state index contributed by atoms with van der Waals surface area (Å²) in [6.07, 6.45) is 1.17. The van der Waals surface area contributed by atoms with Crippen LogP contribution in [0.1, 0.15) is 17.5 Å². The molecule has 0 aliphatic carbocycles. The van der Waals surface area contributed by atoms with Crippen LogP contribution in [0.2, 0.25) is 0 Å². The van der Waals surface area contributed by atoms with Gasteiger partial charge in [0.05, 0.1) is 32.9 Å². The predicted molar refractivity (Wildman–Crippen MR) is 100 cm³/mol. The van der Waals surface area contributed by atoms with Crippen LogP contribution in [-0.4, -0.2) is 38.6 Å². The first-order valence-electron chi connectivity index (χ1n) is 9.12. The first kappa shape index (κ1) is 17.5. The molecule has 2 heterocycles. The van der Waals surface area contributed by atoms with Crippen molar-refractivity contribution >= 4 is 17.5 Å². The Hall–Kier alpha value is -2.86. The van der Waals surface area contributed by atoms with Gasteiger partial charge < -0.3 is 14.4 Å². The second-order valence-electron chi connectivity index (χ2n) is 6.97. The summed E-state index contributed by atoms with van der Waals surface area (Å²) in [5.74, 6) is 0.763. The van der Waals surface area contributed by atoms with Crippen LogP contribution in [-0.2, 0) is 22.6 Å². The number of hydrogen-bond donors (Lipinski definition) is 1. The molecule has 2 atom stereocenters. The lowest BCUT2D eigenvalue weighted by Crippen LogP contribution is -3.16. The highest BCUT2D eigenvalue weighted by Gasteiger charge is 2.46. The summed E-state index contributed by atoms with van der Waals surface area (Å²) in [4.78, 5) is 28.2. The third-order valence-electron chi connectivity index (χ3n) is 5.52. The molecule has 27 heavy (non-hydrogen) atoms. The Kier molecular flexibility index (Phi) is 4.58. The molecule has 0 spiro atoms. The van der Waals surface area contributed by atoms with Gasteiger partial charge in [-0.25, -0.2) is 4.90 Å². The molecule has 0 radical (unpaired) electrons. The van der Waals surface area contributed by atoms with Gasteiger partial charge in [0.25, 0.3) is 5.91 Å². The molecule has 2 aliphatic rings. The molecule has 0 aromatic heterocycles. The van der Waals surface area contributed by atoms with E-state index >= 15 is 0 Å². The van der Waals surface area contributed by atoms with Crippen molar-refractivity contribution in [3.63, 3.8) is 0 Å². The normalized spacial score (nSPS) is 21.9. The highest BCUT2D eigenvalue weighted by Crippen LogP contribution is 2.33. The number of benzene rings is 2. The molecular weight excluding hydrogens is 344 g/mol. The van der Waals surface area contributed by atoms with Crippen LogP contribution in [0, 0.1) is 0 Å². The largest absolute Gasteiger partial charge is 0.493 e. The number of fused-ring (bicyclic) bond motifs is 1. The summed E-state index contributed by atoms with van der Waals surface area (Å²) in [5, 5.41) is 0. The topological polar surface area (TPSA) is 60.3 Å². The highest BCUT2D eigenvalue weighted by molar-refractivity contribution is 6.22. The van der Waals surface area contributed by atoms with E-state index in [-0.39, 0.29) is 24.3 Å². The second kappa shape index (κ2) is 7.04. The number of amides is 2. The van der Waals surface area contributed by atoms with Gasteiger partial charge in [-0.05, 0) is 17.7 Å². The summed E-state index contributed by atoms with van der Waals surface area (Å²) >= 11 is 0. The van der Waals surface area contributed by atoms with Crippen molar-refractivity contribution in [1.29, 1.82) is 0 Å². The van der Waals surface area contributed by atoms with Gasteiger partial charge >= 0.3 is 0 Å². The zero-order chi connectivity index (χ0) is 19.0. The van der Waals surface area contributed by atoms with Gasteiger partial charge in [-0.15, -0.1) is 0 Å². The summed E-state index contributed by atoms with van der Waals surface area (Å²) in [6.45, 7) is 1.64. The quantitative estimate of drug-likeness (QED) is 0.819. The van der Waals surface area contributed by atoms with E-state index < -0.39 is 0 Å². The minimum Gasteiger partial charge on any atom is -0.493 e. The number of imide groups is 1. The molecule has 1 saturated heterocycles. The smallest absolute Gasteiger partial charge is 0.292 e. The average molecular weight is 367 g/mol. The molecule has 4 rings (SSSR count). The van der Waals surface area contributed by atoms with Crippen molar-refractivity contribution in [2.75, 3.05) is 25.7 Å². The summed E-state index contributed by atoms with van der Waals surface area (Å²) in [7, 11) is 3.09. The molecule has 1 unspecified atom stereocenters. The van der Waals surface area contributed by atoms with E-state index in [9.17, 15) is 9.59 Å². The van der Waals surface area contributed by atoms with Crippen molar-refractivity contribution in [2.45, 2.75) is 25.4 Å². The summed E-state index contributed by atoms with van der Waals surface area (Å²) in [5.41, 5.74) is 3.14. The zero-order valence-electron chi connectivity index (χ0n) is 15.5. The number of quaternary nitrogens is 1. The van der Waals surface area contributed by atoms with E-state index in [0.717, 1.165) is 24.4 Å². The predicted octanol–water partition coefficient (Wildman–Crippen LogP) is 0.977. The third-order valence-corrected chi connectivity index (χ3v) is 5.52. The molecular formula is C21H23N2O4+. The fourth-order valence-electron chi connectivity index (χ4n) is 4.09. The number of nitrogens with zero attached hydrogens (tertiary/aromatic N) is 1. The Balaban J connectivity index is 1.58. The van der Waals surface area contributed by atoms with Crippen molar-refractivity contribution in [2.24, 2.45) is 0 Å². The van der Waals surface area contributed by atoms with Gasteiger partial charge in [-0.1, -0.05) is 24.3 Å². The maximum atomic E-state index is 13.1. The maximum absolute atomic E-state index is 13.1. The molecule has 6 nitrogen and oxygen atoms in total. The van der Waals surface area contributed by atoms with Crippen molar-refractivity contribution in [3.8, 4) is 11.5 Å². The highest BCUT2D eigenvalue weighted by atomic mass is 16.5. The number of hydrogen-bond acceptors (Lipinski definition) is 4. The Morgan fingerprint density at radius 1 is 1.00 bits per heavy atom. The van der Waals surface area contributed by atoms with E-state index in [1.807, 2.05) is 12.1 Å². The Bertz CT molecular complexity index is 896. The van der Waals surface area contributed by atoms with Crippen LogP contribution < -0.4 is 19.3 Å². The van der Waals surface area contributed by atoms with Crippen LogP contribution in [0.5, 0.6) is 11.5 Å². The van der Waals surface area contributed by atoms with Crippen LogP contribution in [0.3, 0.4) is 0 Å². The summed E-state index contributed by atoms with van der Waals surface area (Å²) < 4.78 is 10.5. The van der Waals surface area contributed by atoms with E-state index in [2.05, 4.69) is 12.1 Å². The molecule has 2 aromatic rings. The number of nitrogens with one attached hydrogen (secondary N) is 1. The van der Waals surface area contributed by atoms with E-state index in [1.165, 1.54) is 23.1 Å². The SMILES string of the molecule is COc1ccc(N2C(=O)C[C@@H]([NH+]3CCc4ccccc4C3)C2=O)cc1OC. The molecule has 140 valence electrons. The molecule has 0 saturated carbocycles. The van der Waals surface area contributed by atoms with Gasteiger partial charge in [-0.2, -0.15) is 0 Å². The molecule has 1 N–H and O–H groups in total. The number of rotatable bonds is 4. The number of ether oxygens (including phenoxy) is 2. The van der Waals surface area contributed by atoms with Gasteiger partial charge in [0.2, 0.25) is 5.91 Å². The lowest BCUT2D eigenvalue weighted by atomic mass is 9.98. The van der Waals surface area contributed by atoms with Crippen LogP contribution in [0.25, 0.3) is 0 Å². The fourth-order valence-corrected chi connectivity index (χ4v) is 4.09. The average Bonchev–Trinajstić information content (AvgIpc) is 3.01. The molecule has 2 amide bonds. The molecule has 1 fully saturated rings. The zero-order valence-corrected chi connectivity index (χ0v) is 15.5. The van der Waals surface area contributed by atoms with Gasteiger partial charge in [0.15, 0.2) is 17.5 Å². The van der Waals surface area contributed by atoms with Crippen molar-refractivity contribution in [3.05, 3.63) is 53.6 Å². The maximum Gasteiger partial charge on any atom is 0.292 e. The molecule has 2 aromatic carbocycles. The van der Waals surface area contributed by atoms with Crippen molar-refractivity contribution < 1.29 is 24.0 Å². The third kappa shape index (κ3) is 3.06. The first-order chi connectivity index (χ1) is 13.1. The lowest BCUT2D eigenvalue weighted by molar-refractivity contribution is -0.930. The van der Waals surface area contributed by atoms with E-state index in [1.54, 1.807) is 25.3 Å². The summed E-state index contributed by atoms with van der Waals surface area (Å²) in [6, 6.07) is 13.1. The molecule has 2 aliphatic heterocycles. The number of carbonyl (C=O) groups is 2. The fraction of sp³-hybridized carbons (Fsp3) is 0.333. The number of anilines is 1. The van der Waals surface area contributed by atoms with Gasteiger partial charge in [0, 0.05) is 18.1 Å². The number of carbonyl (C=O) groups excluding carboxylic acids is 2. The second-order valence-corrected chi connectivity index (χ2v) is 6.97. The Morgan fingerprint density at radius 2 is 1.74 bits per heavy atom. The van der Waals surface area contributed by atoms with Crippen molar-refractivity contribution in [1.82, 2.24) is 0 Å². The Morgan fingerprint density at radius 3 is 2.48 bits per heavy atom. The number of methoxy groups -OCH3 is 2.